The Bertz CT molecular complexity index is 450. The van der Waals surface area contributed by atoms with Gasteiger partial charge in [0.05, 0.1) is 13.2 Å². The highest BCUT2D eigenvalue weighted by Gasteiger charge is 2.29. The van der Waals surface area contributed by atoms with Crippen molar-refractivity contribution in [1.82, 2.24) is 14.8 Å². The van der Waals surface area contributed by atoms with Gasteiger partial charge in [-0.2, -0.15) is 5.10 Å². The number of morpholine rings is 1. The second kappa shape index (κ2) is 5.83. The molecular weight excluding hydrogens is 254 g/mol. The van der Waals surface area contributed by atoms with E-state index in [1.807, 2.05) is 0 Å². The molecule has 6 nitrogen and oxygen atoms in total. The summed E-state index contributed by atoms with van der Waals surface area (Å²) in [6.45, 7) is 9.49. The molecule has 3 aliphatic heterocycles. The average Bonchev–Trinajstić information content (AvgIpc) is 2.92. The van der Waals surface area contributed by atoms with Gasteiger partial charge in [-0.25, -0.2) is 4.99 Å². The van der Waals surface area contributed by atoms with Crippen molar-refractivity contribution in [3.05, 3.63) is 11.9 Å². The van der Waals surface area contributed by atoms with Crippen molar-refractivity contribution in [2.45, 2.75) is 26.7 Å². The fourth-order valence-electron chi connectivity index (χ4n) is 2.67. The second-order valence-electron chi connectivity index (χ2n) is 5.23. The largest absolute Gasteiger partial charge is 0.378 e. The number of hydrogen-bond donors (Lipinski definition) is 0. The lowest BCUT2D eigenvalue weighted by Gasteiger charge is -2.32. The summed E-state index contributed by atoms with van der Waals surface area (Å²) in [5, 5.41) is 6.75. The third-order valence-electron chi connectivity index (χ3n) is 3.81. The lowest BCUT2D eigenvalue weighted by Crippen LogP contribution is -2.42. The Balaban J connectivity index is 1.85. The summed E-state index contributed by atoms with van der Waals surface area (Å²) < 4.78 is 5.42. The van der Waals surface area contributed by atoms with Crippen molar-refractivity contribution in [2.75, 3.05) is 39.5 Å². The third kappa shape index (κ3) is 2.52. The summed E-state index contributed by atoms with van der Waals surface area (Å²) in [6.07, 6.45) is 4.21. The molecule has 0 spiro atoms. The van der Waals surface area contributed by atoms with Gasteiger partial charge in [-0.3, -0.25) is 9.91 Å². The average molecular weight is 277 g/mol. The van der Waals surface area contributed by atoms with Crippen LogP contribution in [-0.2, 0) is 4.74 Å². The van der Waals surface area contributed by atoms with Crippen LogP contribution in [0.1, 0.15) is 26.7 Å². The highest BCUT2D eigenvalue weighted by molar-refractivity contribution is 6.09. The van der Waals surface area contributed by atoms with Gasteiger partial charge in [-0.1, -0.05) is 6.92 Å². The molecule has 0 bridgehead atoms. The zero-order chi connectivity index (χ0) is 13.9. The first kappa shape index (κ1) is 13.4. The molecule has 3 aliphatic rings. The van der Waals surface area contributed by atoms with Gasteiger partial charge in [-0.15, -0.1) is 0 Å². The Hall–Kier alpha value is -1.56. The van der Waals surface area contributed by atoms with Crippen molar-refractivity contribution in [3.63, 3.8) is 0 Å². The van der Waals surface area contributed by atoms with Gasteiger partial charge in [-0.05, 0) is 13.3 Å². The highest BCUT2D eigenvalue weighted by atomic mass is 16.5. The first-order chi connectivity index (χ1) is 9.81. The predicted octanol–water partition coefficient (Wildman–Crippen LogP) is 1.28. The zero-order valence-corrected chi connectivity index (χ0v) is 12.4. The van der Waals surface area contributed by atoms with E-state index in [1.54, 1.807) is 0 Å². The molecule has 0 N–H and O–H groups in total. The maximum atomic E-state index is 5.42. The number of fused-ring (bicyclic) bond motifs is 1. The molecule has 0 saturated carbocycles. The van der Waals surface area contributed by atoms with E-state index in [2.05, 4.69) is 39.8 Å². The summed E-state index contributed by atoms with van der Waals surface area (Å²) in [6, 6.07) is 0. The van der Waals surface area contributed by atoms with E-state index in [9.17, 15) is 0 Å². The quantitative estimate of drug-likeness (QED) is 0.776. The summed E-state index contributed by atoms with van der Waals surface area (Å²) in [5.41, 5.74) is 0. The van der Waals surface area contributed by atoms with E-state index in [-0.39, 0.29) is 0 Å². The molecule has 20 heavy (non-hydrogen) atoms. The van der Waals surface area contributed by atoms with Crippen LogP contribution in [-0.4, -0.2) is 66.0 Å². The third-order valence-corrected chi connectivity index (χ3v) is 3.81. The van der Waals surface area contributed by atoms with Gasteiger partial charge in [0.2, 0.25) is 0 Å². The summed E-state index contributed by atoms with van der Waals surface area (Å²) in [5.74, 6) is 3.22. The molecule has 3 rings (SSSR count). The van der Waals surface area contributed by atoms with E-state index in [4.69, 9.17) is 9.73 Å². The van der Waals surface area contributed by atoms with E-state index in [0.29, 0.717) is 0 Å². The molecule has 0 aromatic heterocycles. The van der Waals surface area contributed by atoms with Crippen LogP contribution in [0.15, 0.2) is 22.0 Å². The van der Waals surface area contributed by atoms with Gasteiger partial charge in [0.15, 0.2) is 5.84 Å². The van der Waals surface area contributed by atoms with Crippen LogP contribution < -0.4 is 0 Å². The predicted molar refractivity (Wildman–Crippen MR) is 79.3 cm³/mol. The first-order valence-corrected chi connectivity index (χ1v) is 7.55. The fraction of sp³-hybridized carbons (Fsp3) is 0.714. The Morgan fingerprint density at radius 3 is 2.75 bits per heavy atom. The van der Waals surface area contributed by atoms with Crippen LogP contribution in [0.4, 0.5) is 0 Å². The molecule has 3 heterocycles. The maximum absolute atomic E-state index is 5.42. The lowest BCUT2D eigenvalue weighted by atomic mass is 10.2. The van der Waals surface area contributed by atoms with Gasteiger partial charge >= 0.3 is 0 Å². The van der Waals surface area contributed by atoms with Gasteiger partial charge in [0.1, 0.15) is 18.3 Å². The Morgan fingerprint density at radius 2 is 2.05 bits per heavy atom. The lowest BCUT2D eigenvalue weighted by molar-refractivity contribution is 0.0530. The normalized spacial score (nSPS) is 22.5. The molecule has 0 aromatic rings. The van der Waals surface area contributed by atoms with E-state index in [0.717, 1.165) is 69.9 Å². The Morgan fingerprint density at radius 1 is 1.25 bits per heavy atom. The monoisotopic (exact) mass is 277 g/mol. The number of hydrogen-bond acceptors (Lipinski definition) is 6. The van der Waals surface area contributed by atoms with Crippen molar-refractivity contribution in [1.29, 1.82) is 0 Å². The van der Waals surface area contributed by atoms with Gasteiger partial charge in [0, 0.05) is 32.1 Å². The second-order valence-corrected chi connectivity index (χ2v) is 5.23. The van der Waals surface area contributed by atoms with Gasteiger partial charge in [0.25, 0.3) is 0 Å². The minimum absolute atomic E-state index is 0.785. The molecule has 0 aliphatic carbocycles. The molecule has 0 radical (unpaired) electrons. The van der Waals surface area contributed by atoms with Crippen LogP contribution in [0.2, 0.25) is 0 Å². The minimum Gasteiger partial charge on any atom is -0.378 e. The smallest absolute Gasteiger partial charge is 0.159 e. The summed E-state index contributed by atoms with van der Waals surface area (Å²) >= 11 is 0. The van der Waals surface area contributed by atoms with Crippen molar-refractivity contribution < 1.29 is 4.74 Å². The van der Waals surface area contributed by atoms with Crippen molar-refractivity contribution >= 4 is 11.7 Å². The molecule has 1 saturated heterocycles. The minimum atomic E-state index is 0.785. The molecule has 0 atom stereocenters. The van der Waals surface area contributed by atoms with E-state index >= 15 is 0 Å². The fourth-order valence-corrected chi connectivity index (χ4v) is 2.67. The number of nitrogens with zero attached hydrogens (tertiary/aromatic N) is 5. The summed E-state index contributed by atoms with van der Waals surface area (Å²) in [7, 11) is 0. The van der Waals surface area contributed by atoms with Crippen LogP contribution in [0.5, 0.6) is 0 Å². The molecule has 0 amide bonds. The van der Waals surface area contributed by atoms with Crippen LogP contribution in [0.3, 0.4) is 0 Å². The van der Waals surface area contributed by atoms with E-state index in [1.165, 1.54) is 0 Å². The van der Waals surface area contributed by atoms with Crippen molar-refractivity contribution in [2.24, 2.45) is 10.1 Å². The Labute approximate surface area is 120 Å². The molecule has 1 fully saturated rings. The standard InChI is InChI=1S/C14H23N5O/c1-3-5-12-15-13(17-6-8-20-9-7-17)10-14-16-18(4-2)11-19(12)14/h10H,3-9,11H2,1-2H3. The molecule has 6 heteroatoms. The van der Waals surface area contributed by atoms with Crippen LogP contribution in [0, 0.1) is 0 Å². The van der Waals surface area contributed by atoms with E-state index < -0.39 is 0 Å². The number of ether oxygens (including phenoxy) is 1. The number of aliphatic imine (C=N–C) groups is 1. The SMILES string of the molecule is CCCC1=NC(N2CCOCC2)=CC2=NN(CC)CN21. The van der Waals surface area contributed by atoms with Gasteiger partial charge < -0.3 is 9.64 Å². The number of hydrazone groups is 1. The number of amidine groups is 2. The molecule has 0 aromatic carbocycles. The molecule has 0 unspecified atom stereocenters. The highest BCUT2D eigenvalue weighted by Crippen LogP contribution is 2.22. The maximum Gasteiger partial charge on any atom is 0.159 e. The zero-order valence-electron chi connectivity index (χ0n) is 12.4. The first-order valence-electron chi connectivity index (χ1n) is 7.55. The molecular formula is C14H23N5O. The van der Waals surface area contributed by atoms with Crippen LogP contribution in [0.25, 0.3) is 0 Å². The van der Waals surface area contributed by atoms with Crippen molar-refractivity contribution in [3.8, 4) is 0 Å². The topological polar surface area (TPSA) is 43.7 Å². The number of rotatable bonds is 4. The van der Waals surface area contributed by atoms with Crippen LogP contribution >= 0.6 is 0 Å². The Kier molecular flexibility index (Phi) is 3.91. The summed E-state index contributed by atoms with van der Waals surface area (Å²) in [4.78, 5) is 9.41. The molecule has 110 valence electrons.